The summed E-state index contributed by atoms with van der Waals surface area (Å²) in [6.07, 6.45) is 8.24. The Kier molecular flexibility index (Phi) is 4.83. The molecule has 68 valence electrons. The van der Waals surface area contributed by atoms with Crippen molar-refractivity contribution in [2.45, 2.75) is 44.9 Å². The summed E-state index contributed by atoms with van der Waals surface area (Å²) < 4.78 is 11.7. The third-order valence-electron chi connectivity index (χ3n) is 2.46. The van der Waals surface area contributed by atoms with Gasteiger partial charge in [0.05, 0.1) is 0 Å². The van der Waals surface area contributed by atoms with Crippen molar-refractivity contribution >= 4 is 0 Å². The van der Waals surface area contributed by atoms with Crippen LogP contribution in [-0.2, 0) is 0 Å². The van der Waals surface area contributed by atoms with Crippen LogP contribution >= 0.6 is 0 Å². The molecular formula is C11H17F. The highest BCUT2D eigenvalue weighted by molar-refractivity contribution is 5.00. The molecule has 0 nitrogen and oxygen atoms in total. The number of rotatable bonds is 2. The Morgan fingerprint density at radius 3 is 2.50 bits per heavy atom. The van der Waals surface area contributed by atoms with Gasteiger partial charge in [-0.25, -0.2) is 0 Å². The van der Waals surface area contributed by atoms with Crippen LogP contribution in [0, 0.1) is 17.8 Å². The molecule has 12 heavy (non-hydrogen) atoms. The second kappa shape index (κ2) is 6.06. The van der Waals surface area contributed by atoms with E-state index in [-0.39, 0.29) is 6.67 Å². The highest BCUT2D eigenvalue weighted by Crippen LogP contribution is 2.25. The molecule has 0 aromatic rings. The topological polar surface area (TPSA) is 0 Å². The van der Waals surface area contributed by atoms with Crippen LogP contribution in [0.1, 0.15) is 44.9 Å². The molecule has 1 aliphatic carbocycles. The van der Waals surface area contributed by atoms with Gasteiger partial charge in [-0.1, -0.05) is 19.3 Å². The summed E-state index contributed by atoms with van der Waals surface area (Å²) in [6.45, 7) is -0.294. The zero-order valence-corrected chi connectivity index (χ0v) is 7.61. The molecule has 0 atom stereocenters. The smallest absolute Gasteiger partial charge is 0.100 e. The lowest BCUT2D eigenvalue weighted by Crippen LogP contribution is -2.04. The fraction of sp³-hybridized carbons (Fsp3) is 0.818. The van der Waals surface area contributed by atoms with E-state index in [0.29, 0.717) is 6.42 Å². The Morgan fingerprint density at radius 1 is 1.08 bits per heavy atom. The molecule has 0 aromatic carbocycles. The average Bonchev–Trinajstić information content (AvgIpc) is 2.14. The Morgan fingerprint density at radius 2 is 1.83 bits per heavy atom. The van der Waals surface area contributed by atoms with Gasteiger partial charge in [0.25, 0.3) is 0 Å². The lowest BCUT2D eigenvalue weighted by Gasteiger charge is -2.18. The molecule has 1 saturated carbocycles. The van der Waals surface area contributed by atoms with E-state index < -0.39 is 0 Å². The molecule has 0 heterocycles. The molecule has 0 saturated heterocycles. The predicted molar refractivity (Wildman–Crippen MR) is 49.6 cm³/mol. The highest BCUT2D eigenvalue weighted by atomic mass is 19.1. The highest BCUT2D eigenvalue weighted by Gasteiger charge is 2.11. The monoisotopic (exact) mass is 168 g/mol. The van der Waals surface area contributed by atoms with Crippen molar-refractivity contribution in [1.29, 1.82) is 0 Å². The van der Waals surface area contributed by atoms with E-state index in [1.807, 2.05) is 0 Å². The van der Waals surface area contributed by atoms with Crippen LogP contribution in [0.4, 0.5) is 4.39 Å². The summed E-state index contributed by atoms with van der Waals surface area (Å²) in [7, 11) is 0. The lowest BCUT2D eigenvalue weighted by atomic mass is 9.87. The van der Waals surface area contributed by atoms with Crippen molar-refractivity contribution in [3.8, 4) is 11.8 Å². The summed E-state index contributed by atoms with van der Waals surface area (Å²) in [5, 5.41) is 0. The first kappa shape index (κ1) is 9.58. The van der Waals surface area contributed by atoms with Gasteiger partial charge in [0.2, 0.25) is 0 Å². The molecule has 1 heteroatoms. The molecule has 1 aliphatic rings. The molecule has 0 radical (unpaired) electrons. The van der Waals surface area contributed by atoms with Gasteiger partial charge in [-0.15, -0.1) is 11.8 Å². The third-order valence-corrected chi connectivity index (χ3v) is 2.46. The van der Waals surface area contributed by atoms with E-state index in [2.05, 4.69) is 11.8 Å². The van der Waals surface area contributed by atoms with Gasteiger partial charge >= 0.3 is 0 Å². The van der Waals surface area contributed by atoms with Crippen molar-refractivity contribution in [2.24, 2.45) is 5.92 Å². The summed E-state index contributed by atoms with van der Waals surface area (Å²) >= 11 is 0. The fourth-order valence-corrected chi connectivity index (χ4v) is 1.74. The maximum atomic E-state index is 11.7. The van der Waals surface area contributed by atoms with Crippen LogP contribution in [0.25, 0.3) is 0 Å². The summed E-state index contributed by atoms with van der Waals surface area (Å²) in [5.74, 6) is 6.73. The van der Waals surface area contributed by atoms with Crippen molar-refractivity contribution in [3.63, 3.8) is 0 Å². The number of alkyl halides is 1. The molecule has 1 rings (SSSR count). The molecule has 0 N–H and O–H groups in total. The number of halogens is 1. The summed E-state index contributed by atoms with van der Waals surface area (Å²) in [5.41, 5.74) is 0. The third kappa shape index (κ3) is 3.76. The Hall–Kier alpha value is -0.510. The second-order valence-corrected chi connectivity index (χ2v) is 3.50. The SMILES string of the molecule is FCCC#CCC1CCCCC1. The number of hydrogen-bond donors (Lipinski definition) is 0. The van der Waals surface area contributed by atoms with Crippen LogP contribution in [0.15, 0.2) is 0 Å². The van der Waals surface area contributed by atoms with Crippen LogP contribution in [0.2, 0.25) is 0 Å². The largest absolute Gasteiger partial charge is 0.250 e. The van der Waals surface area contributed by atoms with E-state index in [9.17, 15) is 4.39 Å². The first-order valence-electron chi connectivity index (χ1n) is 4.95. The zero-order chi connectivity index (χ0) is 8.65. The minimum absolute atomic E-state index is 0.294. The average molecular weight is 168 g/mol. The fourth-order valence-electron chi connectivity index (χ4n) is 1.74. The Balaban J connectivity index is 2.09. The van der Waals surface area contributed by atoms with Crippen molar-refractivity contribution in [2.75, 3.05) is 6.67 Å². The molecule has 0 amide bonds. The van der Waals surface area contributed by atoms with Gasteiger partial charge in [-0.05, 0) is 18.8 Å². The molecule has 0 aromatic heterocycles. The van der Waals surface area contributed by atoms with E-state index in [4.69, 9.17) is 0 Å². The normalized spacial score (nSPS) is 18.4. The first-order chi connectivity index (χ1) is 5.93. The van der Waals surface area contributed by atoms with Crippen molar-refractivity contribution in [3.05, 3.63) is 0 Å². The van der Waals surface area contributed by atoms with Crippen molar-refractivity contribution in [1.82, 2.24) is 0 Å². The van der Waals surface area contributed by atoms with E-state index in [1.165, 1.54) is 32.1 Å². The molecule has 0 spiro atoms. The van der Waals surface area contributed by atoms with E-state index in [1.54, 1.807) is 0 Å². The number of hydrogen-bond acceptors (Lipinski definition) is 0. The van der Waals surface area contributed by atoms with Crippen LogP contribution < -0.4 is 0 Å². The first-order valence-corrected chi connectivity index (χ1v) is 4.95. The van der Waals surface area contributed by atoms with Crippen LogP contribution in [0.3, 0.4) is 0 Å². The van der Waals surface area contributed by atoms with Gasteiger partial charge in [0, 0.05) is 12.8 Å². The van der Waals surface area contributed by atoms with Gasteiger partial charge < -0.3 is 0 Å². The Labute approximate surface area is 74.5 Å². The van der Waals surface area contributed by atoms with Gasteiger partial charge in [0.1, 0.15) is 6.67 Å². The standard InChI is InChI=1S/C11H17F/c12-10-6-2-5-9-11-7-3-1-4-8-11/h11H,1,3-4,6-10H2. The molecule has 0 aliphatic heterocycles. The van der Waals surface area contributed by atoms with Gasteiger partial charge in [0.15, 0.2) is 0 Å². The van der Waals surface area contributed by atoms with Gasteiger partial charge in [-0.3, -0.25) is 4.39 Å². The minimum Gasteiger partial charge on any atom is -0.250 e. The quantitative estimate of drug-likeness (QED) is 0.555. The maximum absolute atomic E-state index is 11.7. The minimum atomic E-state index is -0.294. The van der Waals surface area contributed by atoms with Crippen LogP contribution in [-0.4, -0.2) is 6.67 Å². The second-order valence-electron chi connectivity index (χ2n) is 3.50. The Bertz CT molecular complexity index is 158. The van der Waals surface area contributed by atoms with Gasteiger partial charge in [-0.2, -0.15) is 0 Å². The molecule has 0 bridgehead atoms. The summed E-state index contributed by atoms with van der Waals surface area (Å²) in [4.78, 5) is 0. The zero-order valence-electron chi connectivity index (χ0n) is 7.61. The maximum Gasteiger partial charge on any atom is 0.100 e. The van der Waals surface area contributed by atoms with Crippen molar-refractivity contribution < 1.29 is 4.39 Å². The van der Waals surface area contributed by atoms with Crippen LogP contribution in [0.5, 0.6) is 0 Å². The predicted octanol–water partition coefficient (Wildman–Crippen LogP) is 3.32. The summed E-state index contributed by atoms with van der Waals surface area (Å²) in [6, 6.07) is 0. The van der Waals surface area contributed by atoms with E-state index in [0.717, 1.165) is 12.3 Å². The van der Waals surface area contributed by atoms with E-state index >= 15 is 0 Å². The molecule has 0 unspecified atom stereocenters. The lowest BCUT2D eigenvalue weighted by molar-refractivity contribution is 0.365. The molecule has 1 fully saturated rings. The molecular weight excluding hydrogens is 151 g/mol.